The molecule has 0 aliphatic heterocycles. The topological polar surface area (TPSA) is 49.8 Å². The summed E-state index contributed by atoms with van der Waals surface area (Å²) in [5.74, 6) is 1.52. The Morgan fingerprint density at radius 3 is 2.71 bits per heavy atom. The lowest BCUT2D eigenvalue weighted by atomic mass is 10.3. The average Bonchev–Trinajstić information content (AvgIpc) is 2.33. The van der Waals surface area contributed by atoms with Crippen molar-refractivity contribution in [1.29, 1.82) is 0 Å². The standard InChI is InChI=1S/C12H13IN4/c1-2-15-11-7-14-8-12(17-11)16-10-6-4-3-5-9(10)13/h3-8H,2H2,1H3,(H2,15,16,17). The predicted molar refractivity (Wildman–Crippen MR) is 78.6 cm³/mol. The van der Waals surface area contributed by atoms with Gasteiger partial charge in [-0.25, -0.2) is 4.98 Å². The number of aromatic nitrogens is 2. The van der Waals surface area contributed by atoms with Crippen LogP contribution in [0.2, 0.25) is 0 Å². The van der Waals surface area contributed by atoms with Crippen LogP contribution < -0.4 is 10.6 Å². The molecule has 1 heterocycles. The van der Waals surface area contributed by atoms with Gasteiger partial charge in [0.25, 0.3) is 0 Å². The second-order valence-corrected chi connectivity index (χ2v) is 4.59. The number of para-hydroxylation sites is 1. The maximum Gasteiger partial charge on any atom is 0.151 e. The number of benzene rings is 1. The van der Waals surface area contributed by atoms with Crippen LogP contribution in [-0.2, 0) is 0 Å². The molecule has 0 atom stereocenters. The third-order valence-electron chi connectivity index (χ3n) is 2.13. The smallest absolute Gasteiger partial charge is 0.151 e. The molecule has 0 aliphatic carbocycles. The van der Waals surface area contributed by atoms with Gasteiger partial charge in [-0.05, 0) is 41.6 Å². The van der Waals surface area contributed by atoms with Crippen LogP contribution in [0.4, 0.5) is 17.3 Å². The van der Waals surface area contributed by atoms with E-state index in [-0.39, 0.29) is 0 Å². The minimum Gasteiger partial charge on any atom is -0.369 e. The summed E-state index contributed by atoms with van der Waals surface area (Å²) >= 11 is 2.29. The molecule has 0 spiro atoms. The van der Waals surface area contributed by atoms with Crippen molar-refractivity contribution in [2.75, 3.05) is 17.2 Å². The van der Waals surface area contributed by atoms with Crippen molar-refractivity contribution < 1.29 is 0 Å². The van der Waals surface area contributed by atoms with Crippen LogP contribution in [0.1, 0.15) is 6.92 Å². The molecule has 2 N–H and O–H groups in total. The number of nitrogens with one attached hydrogen (secondary N) is 2. The van der Waals surface area contributed by atoms with Crippen molar-refractivity contribution in [1.82, 2.24) is 9.97 Å². The molecular formula is C12H13IN4. The maximum absolute atomic E-state index is 4.41. The van der Waals surface area contributed by atoms with Crippen LogP contribution in [-0.4, -0.2) is 16.5 Å². The van der Waals surface area contributed by atoms with Crippen LogP contribution in [0.15, 0.2) is 36.7 Å². The van der Waals surface area contributed by atoms with Crippen molar-refractivity contribution in [2.45, 2.75) is 6.92 Å². The highest BCUT2D eigenvalue weighted by Crippen LogP contribution is 2.21. The number of anilines is 3. The van der Waals surface area contributed by atoms with Gasteiger partial charge in [-0.1, -0.05) is 12.1 Å². The van der Waals surface area contributed by atoms with Gasteiger partial charge in [-0.15, -0.1) is 0 Å². The summed E-state index contributed by atoms with van der Waals surface area (Å²) in [6, 6.07) is 8.06. The van der Waals surface area contributed by atoms with Crippen molar-refractivity contribution in [3.05, 3.63) is 40.2 Å². The Bertz CT molecular complexity index is 501. The van der Waals surface area contributed by atoms with Gasteiger partial charge in [0.05, 0.1) is 18.1 Å². The zero-order valence-corrected chi connectivity index (χ0v) is 11.6. The molecule has 2 rings (SSSR count). The summed E-state index contributed by atoms with van der Waals surface area (Å²) in [6.45, 7) is 2.86. The third kappa shape index (κ3) is 3.29. The summed E-state index contributed by atoms with van der Waals surface area (Å²) < 4.78 is 1.15. The molecule has 0 radical (unpaired) electrons. The van der Waals surface area contributed by atoms with E-state index in [1.54, 1.807) is 12.4 Å². The lowest BCUT2D eigenvalue weighted by Gasteiger charge is -2.08. The number of halogens is 1. The summed E-state index contributed by atoms with van der Waals surface area (Å²) in [4.78, 5) is 8.55. The molecule has 4 nitrogen and oxygen atoms in total. The number of hydrogen-bond donors (Lipinski definition) is 2. The molecule has 17 heavy (non-hydrogen) atoms. The molecule has 5 heteroatoms. The fourth-order valence-electron chi connectivity index (χ4n) is 1.39. The lowest BCUT2D eigenvalue weighted by molar-refractivity contribution is 1.12. The Labute approximate surface area is 114 Å². The van der Waals surface area contributed by atoms with Gasteiger partial charge in [0.1, 0.15) is 5.82 Å². The zero-order valence-electron chi connectivity index (χ0n) is 9.44. The third-order valence-corrected chi connectivity index (χ3v) is 3.07. The predicted octanol–water partition coefficient (Wildman–Crippen LogP) is 3.26. The van der Waals surface area contributed by atoms with Gasteiger partial charge < -0.3 is 10.6 Å². The Morgan fingerprint density at radius 2 is 1.94 bits per heavy atom. The first kappa shape index (κ1) is 12.1. The van der Waals surface area contributed by atoms with Gasteiger partial charge in [-0.2, -0.15) is 0 Å². The molecule has 0 saturated heterocycles. The van der Waals surface area contributed by atoms with E-state index in [0.29, 0.717) is 0 Å². The quantitative estimate of drug-likeness (QED) is 0.839. The molecule has 1 aromatic heterocycles. The van der Waals surface area contributed by atoms with Crippen LogP contribution in [0, 0.1) is 3.57 Å². The highest BCUT2D eigenvalue weighted by atomic mass is 127. The van der Waals surface area contributed by atoms with Gasteiger partial charge >= 0.3 is 0 Å². The Balaban J connectivity index is 2.18. The largest absolute Gasteiger partial charge is 0.369 e. The van der Waals surface area contributed by atoms with E-state index in [1.165, 1.54) is 0 Å². The Morgan fingerprint density at radius 1 is 1.18 bits per heavy atom. The van der Waals surface area contributed by atoms with Crippen molar-refractivity contribution in [3.63, 3.8) is 0 Å². The molecule has 0 saturated carbocycles. The second kappa shape index (κ2) is 5.81. The van der Waals surface area contributed by atoms with E-state index in [0.717, 1.165) is 27.4 Å². The van der Waals surface area contributed by atoms with E-state index in [1.807, 2.05) is 31.2 Å². The van der Waals surface area contributed by atoms with Crippen molar-refractivity contribution in [3.8, 4) is 0 Å². The zero-order chi connectivity index (χ0) is 12.1. The molecule has 88 valence electrons. The maximum atomic E-state index is 4.41. The van der Waals surface area contributed by atoms with Crippen molar-refractivity contribution in [2.24, 2.45) is 0 Å². The molecule has 0 bridgehead atoms. The number of rotatable bonds is 4. The summed E-state index contributed by atoms with van der Waals surface area (Å²) in [5.41, 5.74) is 1.04. The highest BCUT2D eigenvalue weighted by Gasteiger charge is 2.01. The summed E-state index contributed by atoms with van der Waals surface area (Å²) in [7, 11) is 0. The SMILES string of the molecule is CCNc1cncc(Nc2ccccc2I)n1. The van der Waals surface area contributed by atoms with E-state index in [4.69, 9.17) is 0 Å². The Kier molecular flexibility index (Phi) is 4.13. The van der Waals surface area contributed by atoms with Gasteiger partial charge in [0.15, 0.2) is 5.82 Å². The van der Waals surface area contributed by atoms with E-state index in [9.17, 15) is 0 Å². The van der Waals surface area contributed by atoms with E-state index >= 15 is 0 Å². The molecule has 0 aliphatic rings. The monoisotopic (exact) mass is 340 g/mol. The highest BCUT2D eigenvalue weighted by molar-refractivity contribution is 14.1. The fourth-order valence-corrected chi connectivity index (χ4v) is 1.92. The average molecular weight is 340 g/mol. The minimum atomic E-state index is 0.743. The Hall–Kier alpha value is -1.37. The van der Waals surface area contributed by atoms with Crippen LogP contribution in [0.5, 0.6) is 0 Å². The van der Waals surface area contributed by atoms with Gasteiger partial charge in [0.2, 0.25) is 0 Å². The first-order valence-electron chi connectivity index (χ1n) is 5.37. The normalized spacial score (nSPS) is 10.0. The lowest BCUT2D eigenvalue weighted by Crippen LogP contribution is -2.02. The van der Waals surface area contributed by atoms with E-state index in [2.05, 4.69) is 43.2 Å². The van der Waals surface area contributed by atoms with Gasteiger partial charge in [-0.3, -0.25) is 4.98 Å². The second-order valence-electron chi connectivity index (χ2n) is 3.42. The summed E-state index contributed by atoms with van der Waals surface area (Å²) in [6.07, 6.45) is 3.43. The van der Waals surface area contributed by atoms with E-state index < -0.39 is 0 Å². The molecule has 0 amide bonds. The van der Waals surface area contributed by atoms with Crippen LogP contribution in [0.25, 0.3) is 0 Å². The molecule has 0 unspecified atom stereocenters. The van der Waals surface area contributed by atoms with Gasteiger partial charge in [0, 0.05) is 10.1 Å². The number of nitrogens with zero attached hydrogens (tertiary/aromatic N) is 2. The number of hydrogen-bond acceptors (Lipinski definition) is 4. The first-order chi connectivity index (χ1) is 8.29. The summed E-state index contributed by atoms with van der Waals surface area (Å²) in [5, 5.41) is 6.38. The van der Waals surface area contributed by atoms with Crippen molar-refractivity contribution >= 4 is 39.9 Å². The molecular weight excluding hydrogens is 327 g/mol. The molecule has 1 aromatic carbocycles. The fraction of sp³-hybridized carbons (Fsp3) is 0.167. The van der Waals surface area contributed by atoms with Crippen LogP contribution in [0.3, 0.4) is 0 Å². The molecule has 2 aromatic rings. The molecule has 0 fully saturated rings. The minimum absolute atomic E-state index is 0.743. The van der Waals surface area contributed by atoms with Crippen LogP contribution >= 0.6 is 22.6 Å². The first-order valence-corrected chi connectivity index (χ1v) is 6.45.